The smallest absolute Gasteiger partial charge is 0.303 e. The lowest BCUT2D eigenvalue weighted by atomic mass is 9.74. The van der Waals surface area contributed by atoms with Crippen LogP contribution in [0.25, 0.3) is 0 Å². The quantitative estimate of drug-likeness (QED) is 0.420. The number of aliphatic hydroxyl groups is 4. The summed E-state index contributed by atoms with van der Waals surface area (Å²) in [5.41, 5.74) is -0.361. The molecule has 0 amide bonds. The highest BCUT2D eigenvalue weighted by Gasteiger charge is 2.39. The molecule has 0 aliphatic rings. The van der Waals surface area contributed by atoms with Crippen molar-refractivity contribution in [3.8, 4) is 5.75 Å². The molecule has 7 heteroatoms. The van der Waals surface area contributed by atoms with Gasteiger partial charge in [-0.2, -0.15) is 0 Å². The number of aliphatic hydroxyl groups excluding tert-OH is 4. The molecule has 0 radical (unpaired) electrons. The second-order valence-electron chi connectivity index (χ2n) is 9.45. The molecule has 0 aromatic heterocycles. The number of phenols is 1. The number of aromatic hydroxyl groups is 1. The zero-order valence-electron chi connectivity index (χ0n) is 18.7. The number of rotatable bonds is 6. The summed E-state index contributed by atoms with van der Waals surface area (Å²) in [5.74, 6) is -0.557. The highest BCUT2D eigenvalue weighted by Crippen LogP contribution is 2.43. The summed E-state index contributed by atoms with van der Waals surface area (Å²) in [6.07, 6.45) is -1.04. The van der Waals surface area contributed by atoms with Crippen LogP contribution in [0.3, 0.4) is 0 Å². The molecular weight excluding hydrogens is 376 g/mol. The third kappa shape index (κ3) is 6.96. The average Bonchev–Trinajstić information content (AvgIpc) is 2.62. The van der Waals surface area contributed by atoms with E-state index < -0.39 is 37.3 Å². The first-order valence-electron chi connectivity index (χ1n) is 9.71. The molecule has 0 fully saturated rings. The Hall–Kier alpha value is -1.67. The number of hydrogen-bond acceptors (Lipinski definition) is 6. The van der Waals surface area contributed by atoms with Gasteiger partial charge in [0.15, 0.2) is 0 Å². The van der Waals surface area contributed by atoms with E-state index in [0.29, 0.717) is 16.7 Å². The van der Waals surface area contributed by atoms with Crippen LogP contribution in [0.1, 0.15) is 77.7 Å². The Morgan fingerprint density at radius 3 is 1.41 bits per heavy atom. The summed E-state index contributed by atoms with van der Waals surface area (Å²) < 4.78 is 0. The number of carboxylic acid groups (broad SMARTS) is 1. The molecule has 0 heterocycles. The van der Waals surface area contributed by atoms with E-state index in [1.54, 1.807) is 19.1 Å². The minimum Gasteiger partial charge on any atom is -0.507 e. The van der Waals surface area contributed by atoms with Gasteiger partial charge in [-0.05, 0) is 39.7 Å². The van der Waals surface area contributed by atoms with Gasteiger partial charge in [-0.3, -0.25) is 4.79 Å². The number of carbonyl (C=O) groups is 1. The summed E-state index contributed by atoms with van der Waals surface area (Å²) in [5, 5.41) is 57.9. The van der Waals surface area contributed by atoms with Crippen molar-refractivity contribution in [3.63, 3.8) is 0 Å². The lowest BCUT2D eigenvalue weighted by Gasteiger charge is -2.35. The molecule has 0 saturated carbocycles. The van der Waals surface area contributed by atoms with Crippen molar-refractivity contribution in [1.82, 2.24) is 0 Å². The van der Waals surface area contributed by atoms with E-state index >= 15 is 0 Å². The molecule has 1 rings (SSSR count). The molecule has 0 aliphatic heterocycles. The van der Waals surface area contributed by atoms with E-state index in [9.17, 15) is 30.3 Å². The van der Waals surface area contributed by atoms with E-state index in [-0.39, 0.29) is 23.0 Å². The molecule has 168 valence electrons. The predicted octanol–water partition coefficient (Wildman–Crippen LogP) is 2.46. The SMILES string of the molecule is CC(C)(C)c1cc(C(O)C(CO)(CO)CO)cc(C(C)(C)C)c1O.CCC(=O)O. The normalized spacial score (nSPS) is 13.5. The van der Waals surface area contributed by atoms with Crippen LogP contribution in [-0.2, 0) is 15.6 Å². The van der Waals surface area contributed by atoms with Gasteiger partial charge in [-0.25, -0.2) is 0 Å². The Morgan fingerprint density at radius 1 is 0.897 bits per heavy atom. The number of phenolic OH excluding ortho intramolecular Hbond substituents is 1. The van der Waals surface area contributed by atoms with Crippen LogP contribution >= 0.6 is 0 Å². The fourth-order valence-electron chi connectivity index (χ4n) is 2.72. The van der Waals surface area contributed by atoms with Crippen LogP contribution in [0, 0.1) is 5.41 Å². The highest BCUT2D eigenvalue weighted by molar-refractivity contribution is 5.66. The maximum absolute atomic E-state index is 10.7. The average molecular weight is 415 g/mol. The van der Waals surface area contributed by atoms with Crippen LogP contribution in [0.2, 0.25) is 0 Å². The van der Waals surface area contributed by atoms with Gasteiger partial charge < -0.3 is 30.6 Å². The Labute approximate surface area is 173 Å². The lowest BCUT2D eigenvalue weighted by molar-refractivity contribution is -0.136. The van der Waals surface area contributed by atoms with Crippen molar-refractivity contribution in [2.45, 2.75) is 71.8 Å². The third-order valence-electron chi connectivity index (χ3n) is 4.89. The number of carboxylic acids is 1. The van der Waals surface area contributed by atoms with Crippen molar-refractivity contribution in [2.75, 3.05) is 19.8 Å². The molecule has 0 aliphatic carbocycles. The lowest BCUT2D eigenvalue weighted by Crippen LogP contribution is -2.40. The molecule has 1 aromatic rings. The first-order valence-corrected chi connectivity index (χ1v) is 9.71. The number of hydrogen-bond donors (Lipinski definition) is 6. The summed E-state index contributed by atoms with van der Waals surface area (Å²) >= 11 is 0. The van der Waals surface area contributed by atoms with Gasteiger partial charge in [0.1, 0.15) is 5.75 Å². The van der Waals surface area contributed by atoms with E-state index in [2.05, 4.69) is 0 Å². The Morgan fingerprint density at radius 2 is 1.21 bits per heavy atom. The van der Waals surface area contributed by atoms with Crippen LogP contribution in [-0.4, -0.2) is 56.4 Å². The molecular formula is C22H38O7. The second kappa shape index (κ2) is 10.4. The minimum absolute atomic E-state index is 0.188. The van der Waals surface area contributed by atoms with Crippen LogP contribution in [0.5, 0.6) is 5.75 Å². The van der Waals surface area contributed by atoms with Crippen molar-refractivity contribution in [3.05, 3.63) is 28.8 Å². The topological polar surface area (TPSA) is 138 Å². The maximum atomic E-state index is 10.7. The zero-order chi connectivity index (χ0) is 23.2. The van der Waals surface area contributed by atoms with Gasteiger partial charge in [0.25, 0.3) is 0 Å². The highest BCUT2D eigenvalue weighted by atomic mass is 16.4. The molecule has 0 saturated heterocycles. The summed E-state index contributed by atoms with van der Waals surface area (Å²) in [4.78, 5) is 9.37. The second-order valence-corrected chi connectivity index (χ2v) is 9.45. The fraction of sp³-hybridized carbons (Fsp3) is 0.682. The van der Waals surface area contributed by atoms with Crippen molar-refractivity contribution < 1.29 is 35.4 Å². The molecule has 7 nitrogen and oxygen atoms in total. The molecule has 6 N–H and O–H groups in total. The predicted molar refractivity (Wildman–Crippen MR) is 112 cm³/mol. The summed E-state index contributed by atoms with van der Waals surface area (Å²) in [6.45, 7) is 11.7. The first-order chi connectivity index (χ1) is 13.1. The number of aliphatic carboxylic acids is 1. The van der Waals surface area contributed by atoms with Crippen LogP contribution in [0.4, 0.5) is 0 Å². The van der Waals surface area contributed by atoms with E-state index in [1.165, 1.54) is 0 Å². The number of benzene rings is 1. The van der Waals surface area contributed by atoms with Gasteiger partial charge in [-0.1, -0.05) is 48.5 Å². The van der Waals surface area contributed by atoms with Crippen molar-refractivity contribution in [2.24, 2.45) is 5.41 Å². The minimum atomic E-state index is -1.44. The van der Waals surface area contributed by atoms with E-state index in [0.717, 1.165) is 0 Å². The zero-order valence-corrected chi connectivity index (χ0v) is 18.7. The van der Waals surface area contributed by atoms with Gasteiger partial charge in [0, 0.05) is 6.42 Å². The van der Waals surface area contributed by atoms with Crippen LogP contribution in [0.15, 0.2) is 12.1 Å². The monoisotopic (exact) mass is 414 g/mol. The van der Waals surface area contributed by atoms with Crippen molar-refractivity contribution >= 4 is 5.97 Å². The first kappa shape index (κ1) is 27.3. The van der Waals surface area contributed by atoms with Gasteiger partial charge in [0.05, 0.1) is 31.3 Å². The molecule has 1 unspecified atom stereocenters. The molecule has 29 heavy (non-hydrogen) atoms. The summed E-state index contributed by atoms with van der Waals surface area (Å²) in [6, 6.07) is 3.37. The van der Waals surface area contributed by atoms with Gasteiger partial charge in [-0.15, -0.1) is 0 Å². The Balaban J connectivity index is 0.00000139. The summed E-state index contributed by atoms with van der Waals surface area (Å²) in [7, 11) is 0. The maximum Gasteiger partial charge on any atom is 0.303 e. The molecule has 1 aromatic carbocycles. The molecule has 1 atom stereocenters. The Bertz CT molecular complexity index is 621. The third-order valence-corrected chi connectivity index (χ3v) is 4.89. The molecule has 0 bridgehead atoms. The van der Waals surface area contributed by atoms with Crippen molar-refractivity contribution in [1.29, 1.82) is 0 Å². The largest absolute Gasteiger partial charge is 0.507 e. The van der Waals surface area contributed by atoms with Gasteiger partial charge >= 0.3 is 5.97 Å². The van der Waals surface area contributed by atoms with E-state index in [1.807, 2.05) is 41.5 Å². The van der Waals surface area contributed by atoms with E-state index in [4.69, 9.17) is 5.11 Å². The van der Waals surface area contributed by atoms with Crippen LogP contribution < -0.4 is 0 Å². The standard InChI is InChI=1S/C19H32O5.C3H6O2/c1-17(2,3)13-7-12(8-14(15(13)23)18(4,5)6)16(24)19(9-20,10-21)11-22;1-2-3(4)5/h7-8,16,20-24H,9-11H2,1-6H3;2H2,1H3,(H,4,5). The van der Waals surface area contributed by atoms with Gasteiger partial charge in [0.2, 0.25) is 0 Å². The Kier molecular flexibility index (Phi) is 9.79. The molecule has 0 spiro atoms. The fourth-order valence-corrected chi connectivity index (χ4v) is 2.72.